The number of nitrogens with zero attached hydrogens (tertiary/aromatic N) is 1. The third-order valence-corrected chi connectivity index (χ3v) is 3.49. The first-order chi connectivity index (χ1) is 7.79. The van der Waals surface area contributed by atoms with E-state index in [0.29, 0.717) is 0 Å². The fraction of sp³-hybridized carbons (Fsp3) is 0.571. The average Bonchev–Trinajstić information content (AvgIpc) is 2.81. The average molecular weight is 218 g/mol. The molecule has 2 rings (SSSR count). The molecule has 16 heavy (non-hydrogen) atoms. The van der Waals surface area contributed by atoms with Gasteiger partial charge in [-0.1, -0.05) is 12.1 Å². The van der Waals surface area contributed by atoms with Crippen molar-refractivity contribution in [3.8, 4) is 0 Å². The van der Waals surface area contributed by atoms with Gasteiger partial charge in [0, 0.05) is 19.3 Å². The summed E-state index contributed by atoms with van der Waals surface area (Å²) in [6, 6.07) is 6.75. The SMILES string of the molecule is CNc1cc(CCN2CCCC2)ccc1C. The van der Waals surface area contributed by atoms with Crippen molar-refractivity contribution in [2.45, 2.75) is 26.2 Å². The molecule has 2 nitrogen and oxygen atoms in total. The molecule has 0 radical (unpaired) electrons. The highest BCUT2D eigenvalue weighted by atomic mass is 15.1. The number of likely N-dealkylation sites (tertiary alicyclic amines) is 1. The van der Waals surface area contributed by atoms with Gasteiger partial charge in [0.25, 0.3) is 0 Å². The van der Waals surface area contributed by atoms with Gasteiger partial charge >= 0.3 is 0 Å². The van der Waals surface area contributed by atoms with Crippen molar-refractivity contribution in [1.29, 1.82) is 0 Å². The molecule has 1 heterocycles. The van der Waals surface area contributed by atoms with Gasteiger partial charge in [-0.05, 0) is 56.5 Å². The normalized spacial score (nSPS) is 16.6. The van der Waals surface area contributed by atoms with E-state index in [4.69, 9.17) is 0 Å². The predicted octanol–water partition coefficient (Wildman–Crippen LogP) is 2.68. The van der Waals surface area contributed by atoms with Crippen LogP contribution in [-0.2, 0) is 6.42 Å². The summed E-state index contributed by atoms with van der Waals surface area (Å²) in [4.78, 5) is 2.57. The third-order valence-electron chi connectivity index (χ3n) is 3.49. The van der Waals surface area contributed by atoms with Crippen LogP contribution in [0.3, 0.4) is 0 Å². The number of rotatable bonds is 4. The summed E-state index contributed by atoms with van der Waals surface area (Å²) >= 11 is 0. The lowest BCUT2D eigenvalue weighted by atomic mass is 10.1. The zero-order valence-electron chi connectivity index (χ0n) is 10.4. The smallest absolute Gasteiger partial charge is 0.0370 e. The lowest BCUT2D eigenvalue weighted by Gasteiger charge is -2.15. The van der Waals surface area contributed by atoms with Crippen LogP contribution in [0, 0.1) is 6.92 Å². The molecule has 1 aromatic rings. The number of benzene rings is 1. The molecule has 0 bridgehead atoms. The van der Waals surface area contributed by atoms with Gasteiger partial charge in [0.15, 0.2) is 0 Å². The van der Waals surface area contributed by atoms with Crippen molar-refractivity contribution in [3.63, 3.8) is 0 Å². The van der Waals surface area contributed by atoms with Gasteiger partial charge in [-0.3, -0.25) is 0 Å². The van der Waals surface area contributed by atoms with Crippen LogP contribution in [0.4, 0.5) is 5.69 Å². The summed E-state index contributed by atoms with van der Waals surface area (Å²) < 4.78 is 0. The number of anilines is 1. The van der Waals surface area contributed by atoms with Crippen molar-refractivity contribution in [2.24, 2.45) is 0 Å². The summed E-state index contributed by atoms with van der Waals surface area (Å²) in [6.45, 7) is 5.96. The van der Waals surface area contributed by atoms with Gasteiger partial charge < -0.3 is 10.2 Å². The molecule has 0 saturated carbocycles. The Morgan fingerprint density at radius 3 is 2.69 bits per heavy atom. The van der Waals surface area contributed by atoms with E-state index >= 15 is 0 Å². The van der Waals surface area contributed by atoms with Gasteiger partial charge in [0.1, 0.15) is 0 Å². The monoisotopic (exact) mass is 218 g/mol. The Morgan fingerprint density at radius 1 is 1.25 bits per heavy atom. The molecule has 1 aromatic carbocycles. The summed E-state index contributed by atoms with van der Waals surface area (Å²) in [5.74, 6) is 0. The van der Waals surface area contributed by atoms with Crippen LogP contribution in [0.1, 0.15) is 24.0 Å². The molecule has 88 valence electrons. The number of nitrogens with one attached hydrogen (secondary N) is 1. The molecule has 0 atom stereocenters. The topological polar surface area (TPSA) is 15.3 Å². The van der Waals surface area contributed by atoms with E-state index in [1.54, 1.807) is 0 Å². The highest BCUT2D eigenvalue weighted by Gasteiger charge is 2.10. The van der Waals surface area contributed by atoms with E-state index in [1.165, 1.54) is 55.7 Å². The maximum absolute atomic E-state index is 3.25. The third kappa shape index (κ3) is 2.76. The van der Waals surface area contributed by atoms with Crippen LogP contribution in [0.2, 0.25) is 0 Å². The van der Waals surface area contributed by atoms with Gasteiger partial charge in [-0.2, -0.15) is 0 Å². The van der Waals surface area contributed by atoms with Crippen molar-refractivity contribution in [2.75, 3.05) is 32.0 Å². The summed E-state index contributed by atoms with van der Waals surface area (Å²) in [6.07, 6.45) is 3.94. The first-order valence-corrected chi connectivity index (χ1v) is 6.29. The molecular weight excluding hydrogens is 196 g/mol. The largest absolute Gasteiger partial charge is 0.388 e. The first-order valence-electron chi connectivity index (χ1n) is 6.29. The lowest BCUT2D eigenvalue weighted by Crippen LogP contribution is -2.21. The second-order valence-electron chi connectivity index (χ2n) is 4.70. The van der Waals surface area contributed by atoms with E-state index in [9.17, 15) is 0 Å². The maximum atomic E-state index is 3.25. The fourth-order valence-electron chi connectivity index (χ4n) is 2.39. The van der Waals surface area contributed by atoms with E-state index in [2.05, 4.69) is 35.3 Å². The molecule has 1 aliphatic heterocycles. The summed E-state index contributed by atoms with van der Waals surface area (Å²) in [7, 11) is 1.99. The Morgan fingerprint density at radius 2 is 2.00 bits per heavy atom. The fourth-order valence-corrected chi connectivity index (χ4v) is 2.39. The molecule has 0 aliphatic carbocycles. The highest BCUT2D eigenvalue weighted by molar-refractivity contribution is 5.52. The first kappa shape index (κ1) is 11.5. The summed E-state index contributed by atoms with van der Waals surface area (Å²) in [5.41, 5.74) is 4.04. The molecule has 1 saturated heterocycles. The Labute approximate surface area is 98.7 Å². The van der Waals surface area contributed by atoms with Gasteiger partial charge in [-0.15, -0.1) is 0 Å². The number of aryl methyl sites for hydroxylation is 1. The number of hydrogen-bond donors (Lipinski definition) is 1. The zero-order valence-corrected chi connectivity index (χ0v) is 10.4. The highest BCUT2D eigenvalue weighted by Crippen LogP contribution is 2.17. The molecule has 0 aromatic heterocycles. The van der Waals surface area contributed by atoms with Crippen LogP contribution in [-0.4, -0.2) is 31.6 Å². The van der Waals surface area contributed by atoms with Crippen molar-refractivity contribution in [1.82, 2.24) is 4.90 Å². The molecule has 0 unspecified atom stereocenters. The van der Waals surface area contributed by atoms with E-state index < -0.39 is 0 Å². The molecular formula is C14H22N2. The lowest BCUT2D eigenvalue weighted by molar-refractivity contribution is 0.343. The second kappa shape index (κ2) is 5.35. The minimum atomic E-state index is 1.18. The van der Waals surface area contributed by atoms with Crippen LogP contribution in [0.15, 0.2) is 18.2 Å². The maximum Gasteiger partial charge on any atom is 0.0370 e. The minimum absolute atomic E-state index is 1.18. The Kier molecular flexibility index (Phi) is 3.83. The van der Waals surface area contributed by atoms with E-state index in [0.717, 1.165) is 0 Å². The summed E-state index contributed by atoms with van der Waals surface area (Å²) in [5, 5.41) is 3.25. The van der Waals surface area contributed by atoms with Crippen LogP contribution < -0.4 is 5.32 Å². The van der Waals surface area contributed by atoms with Crippen LogP contribution >= 0.6 is 0 Å². The van der Waals surface area contributed by atoms with Crippen molar-refractivity contribution < 1.29 is 0 Å². The Balaban J connectivity index is 1.93. The predicted molar refractivity (Wildman–Crippen MR) is 70.1 cm³/mol. The van der Waals surface area contributed by atoms with Gasteiger partial charge in [-0.25, -0.2) is 0 Å². The van der Waals surface area contributed by atoms with Gasteiger partial charge in [0.05, 0.1) is 0 Å². The molecule has 2 heteroatoms. The molecule has 1 fully saturated rings. The van der Waals surface area contributed by atoms with Crippen molar-refractivity contribution in [3.05, 3.63) is 29.3 Å². The quantitative estimate of drug-likeness (QED) is 0.836. The van der Waals surface area contributed by atoms with Crippen LogP contribution in [0.25, 0.3) is 0 Å². The zero-order chi connectivity index (χ0) is 11.4. The minimum Gasteiger partial charge on any atom is -0.388 e. The molecule has 1 N–H and O–H groups in total. The van der Waals surface area contributed by atoms with Gasteiger partial charge in [0.2, 0.25) is 0 Å². The van der Waals surface area contributed by atoms with Crippen LogP contribution in [0.5, 0.6) is 0 Å². The van der Waals surface area contributed by atoms with E-state index in [1.807, 2.05) is 7.05 Å². The number of hydrogen-bond acceptors (Lipinski definition) is 2. The van der Waals surface area contributed by atoms with Crippen molar-refractivity contribution >= 4 is 5.69 Å². The van der Waals surface area contributed by atoms with E-state index in [-0.39, 0.29) is 0 Å². The second-order valence-corrected chi connectivity index (χ2v) is 4.70. The Hall–Kier alpha value is -1.02. The molecule has 0 spiro atoms. The molecule has 1 aliphatic rings. The molecule has 0 amide bonds. The Bertz CT molecular complexity index is 341. The standard InChI is InChI=1S/C14H22N2/c1-12-5-6-13(11-14(12)15-2)7-10-16-8-3-4-9-16/h5-6,11,15H,3-4,7-10H2,1-2H3.